The van der Waals surface area contributed by atoms with Crippen LogP contribution in [0.4, 0.5) is 5.82 Å². The lowest BCUT2D eigenvalue weighted by Crippen LogP contribution is -2.33. The van der Waals surface area contributed by atoms with Crippen LogP contribution in [0.25, 0.3) is 6.08 Å². The van der Waals surface area contributed by atoms with E-state index in [9.17, 15) is 9.59 Å². The predicted molar refractivity (Wildman–Crippen MR) is 80.0 cm³/mol. The van der Waals surface area contributed by atoms with E-state index in [1.807, 2.05) is 6.92 Å². The number of carbonyl (C=O) groups excluding carboxylic acids is 2. The Hall–Kier alpha value is -2.83. The minimum absolute atomic E-state index is 0.0910. The van der Waals surface area contributed by atoms with Gasteiger partial charge in [0.15, 0.2) is 5.82 Å². The van der Waals surface area contributed by atoms with Gasteiger partial charge in [0, 0.05) is 19.2 Å². The zero-order valence-corrected chi connectivity index (χ0v) is 12.6. The van der Waals surface area contributed by atoms with E-state index in [1.54, 1.807) is 31.2 Å². The summed E-state index contributed by atoms with van der Waals surface area (Å²) in [5.41, 5.74) is 0. The Labute approximate surface area is 127 Å². The largest absolute Gasteiger partial charge is 0.462 e. The molecule has 2 aromatic heterocycles. The van der Waals surface area contributed by atoms with E-state index >= 15 is 0 Å². The molecule has 0 aliphatic heterocycles. The molecule has 0 atom stereocenters. The number of aryl methyl sites for hydroxylation is 2. The Morgan fingerprint density at radius 1 is 1.32 bits per heavy atom. The van der Waals surface area contributed by atoms with Gasteiger partial charge in [0.25, 0.3) is 0 Å². The summed E-state index contributed by atoms with van der Waals surface area (Å²) in [6.45, 7) is 3.45. The first-order valence-electron chi connectivity index (χ1n) is 6.67. The van der Waals surface area contributed by atoms with Crippen molar-refractivity contribution in [3.63, 3.8) is 0 Å². The van der Waals surface area contributed by atoms with Gasteiger partial charge in [-0.2, -0.15) is 0 Å². The monoisotopic (exact) mass is 303 g/mol. The fraction of sp³-hybridized carbons (Fsp3) is 0.267. The quantitative estimate of drug-likeness (QED) is 0.853. The van der Waals surface area contributed by atoms with Crippen molar-refractivity contribution in [1.29, 1.82) is 0 Å². The molecule has 0 aliphatic carbocycles. The minimum Gasteiger partial charge on any atom is -0.462 e. The number of amides is 2. The normalized spacial score (nSPS) is 10.9. The second-order valence-corrected chi connectivity index (χ2v) is 4.85. The van der Waals surface area contributed by atoms with E-state index in [0.29, 0.717) is 17.3 Å². The molecule has 2 heterocycles. The lowest BCUT2D eigenvalue weighted by atomic mass is 10.3. The molecule has 0 saturated heterocycles. The molecule has 7 nitrogen and oxygen atoms in total. The fourth-order valence-corrected chi connectivity index (χ4v) is 1.72. The molecule has 0 saturated carbocycles. The number of aromatic nitrogens is 1. The average Bonchev–Trinajstić information content (AvgIpc) is 3.04. The van der Waals surface area contributed by atoms with Gasteiger partial charge in [-0.15, -0.1) is 0 Å². The molecule has 0 radical (unpaired) electrons. The van der Waals surface area contributed by atoms with E-state index in [1.165, 1.54) is 18.0 Å². The SMILES string of the molecule is Cc1cc(NC(=O)CN(C)C(=O)/C=C/c2ccc(C)o2)no1. The molecule has 2 aromatic rings. The summed E-state index contributed by atoms with van der Waals surface area (Å²) in [4.78, 5) is 25.0. The van der Waals surface area contributed by atoms with Crippen molar-refractivity contribution in [2.75, 3.05) is 18.9 Å². The van der Waals surface area contributed by atoms with Crippen LogP contribution in [0.2, 0.25) is 0 Å². The van der Waals surface area contributed by atoms with Crippen molar-refractivity contribution in [1.82, 2.24) is 10.1 Å². The summed E-state index contributed by atoms with van der Waals surface area (Å²) in [5.74, 6) is 1.61. The predicted octanol–water partition coefficient (Wildman–Crippen LogP) is 1.99. The third kappa shape index (κ3) is 4.34. The van der Waals surface area contributed by atoms with Crippen LogP contribution < -0.4 is 5.32 Å². The molecule has 0 aromatic carbocycles. The number of rotatable bonds is 5. The number of nitrogens with one attached hydrogen (secondary N) is 1. The maximum Gasteiger partial charge on any atom is 0.246 e. The van der Waals surface area contributed by atoms with E-state index < -0.39 is 0 Å². The number of carbonyl (C=O) groups is 2. The Balaban J connectivity index is 1.85. The molecule has 7 heteroatoms. The second-order valence-electron chi connectivity index (χ2n) is 4.85. The zero-order chi connectivity index (χ0) is 16.1. The van der Waals surface area contributed by atoms with Crippen LogP contribution >= 0.6 is 0 Å². The molecule has 116 valence electrons. The number of furan rings is 1. The van der Waals surface area contributed by atoms with E-state index in [-0.39, 0.29) is 18.4 Å². The van der Waals surface area contributed by atoms with Gasteiger partial charge in [0.1, 0.15) is 17.3 Å². The molecule has 2 rings (SSSR count). The number of hydrogen-bond acceptors (Lipinski definition) is 5. The maximum absolute atomic E-state index is 11.9. The van der Waals surface area contributed by atoms with Crippen molar-refractivity contribution >= 4 is 23.7 Å². The molecule has 1 N–H and O–H groups in total. The first-order chi connectivity index (χ1) is 10.4. The smallest absolute Gasteiger partial charge is 0.246 e. The summed E-state index contributed by atoms with van der Waals surface area (Å²) in [6, 6.07) is 5.17. The Morgan fingerprint density at radius 2 is 2.09 bits per heavy atom. The third-order valence-corrected chi connectivity index (χ3v) is 2.80. The van der Waals surface area contributed by atoms with Gasteiger partial charge < -0.3 is 19.2 Å². The molecule has 22 heavy (non-hydrogen) atoms. The number of likely N-dealkylation sites (N-methyl/N-ethyl adjacent to an activating group) is 1. The molecular formula is C15H17N3O4. The molecule has 0 bridgehead atoms. The highest BCUT2D eigenvalue weighted by atomic mass is 16.5. The highest BCUT2D eigenvalue weighted by Gasteiger charge is 2.12. The topological polar surface area (TPSA) is 88.6 Å². The van der Waals surface area contributed by atoms with Crippen LogP contribution in [0.15, 0.2) is 33.2 Å². The Bertz CT molecular complexity index is 699. The summed E-state index contributed by atoms with van der Waals surface area (Å²) in [6.07, 6.45) is 2.91. The first kappa shape index (κ1) is 15.6. The lowest BCUT2D eigenvalue weighted by Gasteiger charge is -2.13. The van der Waals surface area contributed by atoms with Crippen LogP contribution in [0.1, 0.15) is 17.3 Å². The van der Waals surface area contributed by atoms with Gasteiger partial charge in [-0.25, -0.2) is 0 Å². The van der Waals surface area contributed by atoms with Gasteiger partial charge in [-0.05, 0) is 32.1 Å². The third-order valence-electron chi connectivity index (χ3n) is 2.80. The lowest BCUT2D eigenvalue weighted by molar-refractivity contribution is -0.129. The highest BCUT2D eigenvalue weighted by molar-refractivity contribution is 5.97. The van der Waals surface area contributed by atoms with Crippen molar-refractivity contribution in [2.45, 2.75) is 13.8 Å². The van der Waals surface area contributed by atoms with Crippen LogP contribution in [0, 0.1) is 13.8 Å². The van der Waals surface area contributed by atoms with E-state index in [2.05, 4.69) is 10.5 Å². The molecular weight excluding hydrogens is 286 g/mol. The van der Waals surface area contributed by atoms with Gasteiger partial charge in [0.05, 0.1) is 6.54 Å². The van der Waals surface area contributed by atoms with Crippen LogP contribution in [-0.2, 0) is 9.59 Å². The highest BCUT2D eigenvalue weighted by Crippen LogP contribution is 2.09. The molecule has 0 aliphatic rings. The average molecular weight is 303 g/mol. The molecule has 0 spiro atoms. The molecule has 0 fully saturated rings. The molecule has 2 amide bonds. The fourth-order valence-electron chi connectivity index (χ4n) is 1.72. The summed E-state index contributed by atoms with van der Waals surface area (Å²) < 4.78 is 10.2. The summed E-state index contributed by atoms with van der Waals surface area (Å²) >= 11 is 0. The van der Waals surface area contributed by atoms with Gasteiger partial charge in [-0.1, -0.05) is 5.16 Å². The van der Waals surface area contributed by atoms with Gasteiger partial charge in [0.2, 0.25) is 11.8 Å². The Kier molecular flexibility index (Phi) is 4.77. The minimum atomic E-state index is -0.355. The zero-order valence-electron chi connectivity index (χ0n) is 12.6. The van der Waals surface area contributed by atoms with Crippen molar-refractivity contribution in [2.24, 2.45) is 0 Å². The van der Waals surface area contributed by atoms with Crippen molar-refractivity contribution < 1.29 is 18.5 Å². The van der Waals surface area contributed by atoms with Gasteiger partial charge >= 0.3 is 0 Å². The number of nitrogens with zero attached hydrogens (tertiary/aromatic N) is 2. The van der Waals surface area contributed by atoms with E-state index in [0.717, 1.165) is 5.76 Å². The van der Waals surface area contributed by atoms with Crippen LogP contribution in [0.5, 0.6) is 0 Å². The standard InChI is InChI=1S/C15H17N3O4/c1-10-4-5-12(21-10)6-7-15(20)18(3)9-14(19)16-13-8-11(2)22-17-13/h4-8H,9H2,1-3H3,(H,16,17,19)/b7-6+. The maximum atomic E-state index is 11.9. The first-order valence-corrected chi connectivity index (χ1v) is 6.67. The Morgan fingerprint density at radius 3 is 2.68 bits per heavy atom. The van der Waals surface area contributed by atoms with Crippen molar-refractivity contribution in [3.8, 4) is 0 Å². The van der Waals surface area contributed by atoms with E-state index in [4.69, 9.17) is 8.94 Å². The van der Waals surface area contributed by atoms with Crippen LogP contribution in [0.3, 0.4) is 0 Å². The number of anilines is 1. The van der Waals surface area contributed by atoms with Crippen LogP contribution in [-0.4, -0.2) is 35.5 Å². The van der Waals surface area contributed by atoms with Gasteiger partial charge in [-0.3, -0.25) is 9.59 Å². The number of hydrogen-bond donors (Lipinski definition) is 1. The molecule has 0 unspecified atom stereocenters. The second kappa shape index (κ2) is 6.75. The summed E-state index contributed by atoms with van der Waals surface area (Å²) in [7, 11) is 1.54. The van der Waals surface area contributed by atoms with Crippen molar-refractivity contribution in [3.05, 3.63) is 41.6 Å². The summed E-state index contributed by atoms with van der Waals surface area (Å²) in [5, 5.41) is 6.19.